The fourth-order valence-electron chi connectivity index (χ4n) is 8.03. The molecular weight excluding hydrogens is 701 g/mol. The highest BCUT2D eigenvalue weighted by molar-refractivity contribution is 7.26. The lowest BCUT2D eigenvalue weighted by Gasteiger charge is -2.11. The monoisotopic (exact) mass is 732 g/mol. The molecule has 0 N–H and O–H groups in total. The summed E-state index contributed by atoms with van der Waals surface area (Å²) in [6.07, 6.45) is 0. The van der Waals surface area contributed by atoms with E-state index in [0.29, 0.717) is 17.5 Å². The van der Waals surface area contributed by atoms with E-state index in [0.717, 1.165) is 39.0 Å². The highest BCUT2D eigenvalue weighted by Crippen LogP contribution is 2.44. The molecule has 4 nitrogen and oxygen atoms in total. The second-order valence-electron chi connectivity index (χ2n) is 14.0. The molecule has 0 aliphatic rings. The first-order valence-electron chi connectivity index (χ1n) is 18.8. The van der Waals surface area contributed by atoms with Gasteiger partial charge < -0.3 is 4.57 Å². The lowest BCUT2D eigenvalue weighted by Crippen LogP contribution is -2.00. The third-order valence-electron chi connectivity index (χ3n) is 10.7. The molecule has 0 unspecified atom stereocenters. The van der Waals surface area contributed by atoms with Crippen molar-refractivity contribution >= 4 is 53.3 Å². The lowest BCUT2D eigenvalue weighted by molar-refractivity contribution is 1.07. The Morgan fingerprint density at radius 2 is 0.804 bits per heavy atom. The van der Waals surface area contributed by atoms with Crippen molar-refractivity contribution in [2.45, 2.75) is 0 Å². The van der Waals surface area contributed by atoms with Gasteiger partial charge in [-0.05, 0) is 52.6 Å². The zero-order chi connectivity index (χ0) is 37.0. The van der Waals surface area contributed by atoms with Gasteiger partial charge in [-0.2, -0.15) is 0 Å². The molecule has 0 saturated carbocycles. The molecule has 5 heteroatoms. The molecule has 11 rings (SSSR count). The van der Waals surface area contributed by atoms with E-state index in [1.807, 2.05) is 29.5 Å². The van der Waals surface area contributed by atoms with Gasteiger partial charge in [0.1, 0.15) is 0 Å². The van der Waals surface area contributed by atoms with Crippen molar-refractivity contribution < 1.29 is 0 Å². The fourth-order valence-corrected chi connectivity index (χ4v) is 9.41. The number of thiophene rings is 1. The second kappa shape index (κ2) is 13.3. The molecular formula is C51H32N4S. The molecule has 0 aliphatic carbocycles. The van der Waals surface area contributed by atoms with E-state index in [9.17, 15) is 0 Å². The number of hydrogen-bond donors (Lipinski definition) is 0. The molecule has 0 bridgehead atoms. The zero-order valence-electron chi connectivity index (χ0n) is 30.2. The van der Waals surface area contributed by atoms with Gasteiger partial charge in [0.25, 0.3) is 0 Å². The largest absolute Gasteiger partial charge is 0.309 e. The van der Waals surface area contributed by atoms with Crippen LogP contribution < -0.4 is 0 Å². The van der Waals surface area contributed by atoms with Crippen LogP contribution in [0.3, 0.4) is 0 Å². The van der Waals surface area contributed by atoms with Gasteiger partial charge in [0.05, 0.1) is 11.0 Å². The molecule has 8 aromatic carbocycles. The Kier molecular flexibility index (Phi) is 7.64. The Morgan fingerprint density at radius 1 is 0.321 bits per heavy atom. The van der Waals surface area contributed by atoms with Crippen LogP contribution in [0.25, 0.3) is 104 Å². The summed E-state index contributed by atoms with van der Waals surface area (Å²) >= 11 is 1.86. The summed E-state index contributed by atoms with van der Waals surface area (Å²) < 4.78 is 4.90. The van der Waals surface area contributed by atoms with Crippen molar-refractivity contribution in [2.75, 3.05) is 0 Å². The highest BCUT2D eigenvalue weighted by atomic mass is 32.1. The Balaban J connectivity index is 1.08. The summed E-state index contributed by atoms with van der Waals surface area (Å²) in [4.78, 5) is 15.4. The summed E-state index contributed by atoms with van der Waals surface area (Å²) in [5, 5.41) is 4.94. The third-order valence-corrected chi connectivity index (χ3v) is 11.9. The van der Waals surface area contributed by atoms with Gasteiger partial charge in [-0.1, -0.05) is 164 Å². The molecule has 11 aromatic rings. The summed E-state index contributed by atoms with van der Waals surface area (Å²) in [5.41, 5.74) is 11.0. The van der Waals surface area contributed by atoms with Crippen LogP contribution in [0.4, 0.5) is 0 Å². The van der Waals surface area contributed by atoms with Crippen molar-refractivity contribution in [1.29, 1.82) is 0 Å². The molecule has 0 aliphatic heterocycles. The smallest absolute Gasteiger partial charge is 0.164 e. The fraction of sp³-hybridized carbons (Fsp3) is 0. The van der Waals surface area contributed by atoms with Crippen LogP contribution in [0.15, 0.2) is 194 Å². The van der Waals surface area contributed by atoms with E-state index in [4.69, 9.17) is 15.0 Å². The minimum Gasteiger partial charge on any atom is -0.309 e. The molecule has 262 valence electrons. The van der Waals surface area contributed by atoms with Gasteiger partial charge in [-0.3, -0.25) is 0 Å². The zero-order valence-corrected chi connectivity index (χ0v) is 31.0. The number of para-hydroxylation sites is 2. The lowest BCUT2D eigenvalue weighted by atomic mass is 9.99. The Labute approximate surface area is 327 Å². The highest BCUT2D eigenvalue weighted by Gasteiger charge is 2.18. The molecule has 3 heterocycles. The first-order chi connectivity index (χ1) is 27.8. The number of hydrogen-bond acceptors (Lipinski definition) is 4. The molecule has 0 saturated heterocycles. The van der Waals surface area contributed by atoms with Gasteiger partial charge >= 0.3 is 0 Å². The molecule has 0 spiro atoms. The minimum atomic E-state index is 0.631. The van der Waals surface area contributed by atoms with Crippen molar-refractivity contribution in [1.82, 2.24) is 19.5 Å². The summed E-state index contributed by atoms with van der Waals surface area (Å²) in [7, 11) is 0. The van der Waals surface area contributed by atoms with E-state index in [2.05, 4.69) is 180 Å². The van der Waals surface area contributed by atoms with Gasteiger partial charge in [-0.25, -0.2) is 15.0 Å². The molecule has 3 aromatic heterocycles. The molecule has 0 amide bonds. The standard InChI is InChI=1S/C51H32N4S/c1-4-15-33(16-5-1)39-24-13-26-43-44-27-14-25-40(48(44)56-47(39)43)35-19-12-20-36(31-35)50-52-49(34-17-6-2-7-18-34)53-51(54-50)37-29-30-42-41-23-10-11-28-45(41)55(46(42)32-37)38-21-8-3-9-22-38/h1-32H. The topological polar surface area (TPSA) is 43.6 Å². The predicted molar refractivity (Wildman–Crippen MR) is 234 cm³/mol. The number of fused-ring (bicyclic) bond motifs is 6. The van der Waals surface area contributed by atoms with Crippen molar-refractivity contribution in [2.24, 2.45) is 0 Å². The van der Waals surface area contributed by atoms with E-state index in [1.165, 1.54) is 47.6 Å². The van der Waals surface area contributed by atoms with Crippen LogP contribution in [0.1, 0.15) is 0 Å². The van der Waals surface area contributed by atoms with Gasteiger partial charge in [0.2, 0.25) is 0 Å². The van der Waals surface area contributed by atoms with Crippen LogP contribution in [-0.4, -0.2) is 19.5 Å². The van der Waals surface area contributed by atoms with Gasteiger partial charge in [-0.15, -0.1) is 11.3 Å². The quantitative estimate of drug-likeness (QED) is 0.171. The van der Waals surface area contributed by atoms with Crippen molar-refractivity contribution in [3.63, 3.8) is 0 Å². The van der Waals surface area contributed by atoms with Crippen molar-refractivity contribution in [3.8, 4) is 62.1 Å². The number of rotatable bonds is 6. The number of nitrogens with zero attached hydrogens (tertiary/aromatic N) is 4. The Morgan fingerprint density at radius 3 is 1.50 bits per heavy atom. The van der Waals surface area contributed by atoms with Crippen LogP contribution in [-0.2, 0) is 0 Å². The van der Waals surface area contributed by atoms with Gasteiger partial charge in [0.15, 0.2) is 17.5 Å². The van der Waals surface area contributed by atoms with Crippen LogP contribution in [0, 0.1) is 0 Å². The Bertz CT molecular complexity index is 3240. The van der Waals surface area contributed by atoms with Crippen LogP contribution in [0.5, 0.6) is 0 Å². The molecule has 56 heavy (non-hydrogen) atoms. The Hall–Kier alpha value is -7.21. The molecule has 0 fully saturated rings. The number of aromatic nitrogens is 4. The summed E-state index contributed by atoms with van der Waals surface area (Å²) in [6.45, 7) is 0. The second-order valence-corrected chi connectivity index (χ2v) is 15.0. The predicted octanol–water partition coefficient (Wildman–Crippen LogP) is 13.7. The van der Waals surface area contributed by atoms with Crippen LogP contribution in [0.2, 0.25) is 0 Å². The summed E-state index contributed by atoms with van der Waals surface area (Å²) in [5.74, 6) is 1.90. The van der Waals surface area contributed by atoms with E-state index >= 15 is 0 Å². The molecule has 0 atom stereocenters. The number of benzene rings is 8. The SMILES string of the molecule is c1ccc(-c2nc(-c3cccc(-c4cccc5c4sc4c(-c6ccccc6)cccc45)c3)nc(-c3ccc4c5ccccc5n(-c5ccccc5)c4c3)n2)cc1. The average Bonchev–Trinajstić information content (AvgIpc) is 3.83. The minimum absolute atomic E-state index is 0.631. The first-order valence-corrected chi connectivity index (χ1v) is 19.6. The average molecular weight is 733 g/mol. The van der Waals surface area contributed by atoms with Crippen molar-refractivity contribution in [3.05, 3.63) is 194 Å². The van der Waals surface area contributed by atoms with E-state index in [1.54, 1.807) is 0 Å². The normalized spacial score (nSPS) is 11.6. The maximum Gasteiger partial charge on any atom is 0.164 e. The van der Waals surface area contributed by atoms with E-state index < -0.39 is 0 Å². The maximum atomic E-state index is 5.21. The van der Waals surface area contributed by atoms with Gasteiger partial charge in [0, 0.05) is 53.3 Å². The first kappa shape index (κ1) is 32.2. The molecule has 0 radical (unpaired) electrons. The maximum absolute atomic E-state index is 5.21. The third kappa shape index (κ3) is 5.40. The van der Waals surface area contributed by atoms with Crippen LogP contribution >= 0.6 is 11.3 Å². The van der Waals surface area contributed by atoms with E-state index in [-0.39, 0.29) is 0 Å². The summed E-state index contributed by atoms with van der Waals surface area (Å²) in [6, 6.07) is 68.5.